The Morgan fingerprint density at radius 2 is 1.53 bits per heavy atom. The number of carbonyl (C=O) groups is 1. The third kappa shape index (κ3) is 11.6. The zero-order valence-electron chi connectivity index (χ0n) is 30.7. The van der Waals surface area contributed by atoms with Gasteiger partial charge in [0.25, 0.3) is 0 Å². The average molecular weight is 706 g/mol. The highest BCUT2D eigenvalue weighted by molar-refractivity contribution is 5.68. The number of likely N-dealkylation sites (N-methyl/N-ethyl adjacent to an activating group) is 1. The van der Waals surface area contributed by atoms with Gasteiger partial charge in [0.2, 0.25) is 0 Å². The van der Waals surface area contributed by atoms with Crippen molar-refractivity contribution < 1.29 is 38.0 Å². The van der Waals surface area contributed by atoms with Gasteiger partial charge >= 0.3 is 6.09 Å². The third-order valence-corrected chi connectivity index (χ3v) is 9.22. The second-order valence-corrected chi connectivity index (χ2v) is 13.3. The van der Waals surface area contributed by atoms with Gasteiger partial charge in [-0.15, -0.1) is 0 Å². The molecule has 1 fully saturated rings. The third-order valence-electron chi connectivity index (χ3n) is 9.22. The van der Waals surface area contributed by atoms with Crippen molar-refractivity contribution in [1.82, 2.24) is 9.80 Å². The molecule has 0 N–H and O–H groups in total. The number of anilines is 1. The summed E-state index contributed by atoms with van der Waals surface area (Å²) < 4.78 is 41.4. The summed E-state index contributed by atoms with van der Waals surface area (Å²) in [7, 11) is 7.45. The molecule has 2 heterocycles. The maximum atomic E-state index is 13.6. The van der Waals surface area contributed by atoms with Crippen LogP contribution in [0.5, 0.6) is 5.75 Å². The summed E-state index contributed by atoms with van der Waals surface area (Å²) in [5, 5.41) is 0. The minimum Gasteiger partial charge on any atom is -0.490 e. The first-order valence-corrected chi connectivity index (χ1v) is 17.9. The van der Waals surface area contributed by atoms with Crippen LogP contribution in [0.15, 0.2) is 72.8 Å². The smallest absolute Gasteiger partial charge is 0.410 e. The average Bonchev–Trinajstić information content (AvgIpc) is 3.15. The van der Waals surface area contributed by atoms with Crippen LogP contribution in [0.2, 0.25) is 0 Å². The van der Waals surface area contributed by atoms with Crippen molar-refractivity contribution in [3.05, 3.63) is 95.1 Å². The topological polar surface area (TPSA) is 91.4 Å². The van der Waals surface area contributed by atoms with Crippen LogP contribution in [0.1, 0.15) is 34.6 Å². The Kier molecular flexibility index (Phi) is 15.4. The minimum atomic E-state index is -0.381. The maximum absolute atomic E-state index is 13.6. The number of methoxy groups -OCH3 is 2. The summed E-state index contributed by atoms with van der Waals surface area (Å²) in [6, 6.07) is 24.4. The Hall–Kier alpha value is -3.71. The van der Waals surface area contributed by atoms with Crippen LogP contribution in [0.4, 0.5) is 10.5 Å². The number of amides is 1. The van der Waals surface area contributed by atoms with Crippen molar-refractivity contribution in [2.75, 3.05) is 99.0 Å². The van der Waals surface area contributed by atoms with Crippen LogP contribution in [0.3, 0.4) is 0 Å². The number of fused-ring (bicyclic) bond motifs is 1. The number of benzene rings is 3. The standard InChI is InChI=1S/C40H55N3O8/c1-41(2)18-21-49-37-26-43(40(44)51-29-31-9-6-5-7-10-31)27-38(39(37)34-14-11-32(12-15-34)28-47-24-23-46-4)50-30-33-13-16-36-35(25-33)42(19-22-48-36)17-8-20-45-3/h5-7,9-16,25,37-39H,8,17-24,26-30H2,1-4H3/t37-,38+,39+/m1/s1. The molecule has 51 heavy (non-hydrogen) atoms. The van der Waals surface area contributed by atoms with E-state index in [0.717, 1.165) is 59.7 Å². The van der Waals surface area contributed by atoms with Crippen molar-refractivity contribution in [3.63, 3.8) is 0 Å². The molecule has 0 aromatic heterocycles. The van der Waals surface area contributed by atoms with Crippen molar-refractivity contribution in [2.45, 2.75) is 44.4 Å². The number of hydrogen-bond donors (Lipinski definition) is 0. The van der Waals surface area contributed by atoms with Gasteiger partial charge in [-0.3, -0.25) is 0 Å². The lowest BCUT2D eigenvalue weighted by atomic mass is 9.84. The van der Waals surface area contributed by atoms with Crippen molar-refractivity contribution in [1.29, 1.82) is 0 Å². The second kappa shape index (κ2) is 20.4. The van der Waals surface area contributed by atoms with Crippen molar-refractivity contribution >= 4 is 11.8 Å². The molecule has 0 spiro atoms. The summed E-state index contributed by atoms with van der Waals surface area (Å²) in [6.45, 7) is 7.26. The number of likely N-dealkylation sites (tertiary alicyclic amines) is 1. The molecule has 3 aromatic carbocycles. The highest BCUT2D eigenvalue weighted by Crippen LogP contribution is 2.36. The normalized spacial score (nSPS) is 18.8. The second-order valence-electron chi connectivity index (χ2n) is 13.3. The molecular formula is C40H55N3O8. The molecule has 1 saturated heterocycles. The van der Waals surface area contributed by atoms with E-state index in [0.29, 0.717) is 59.3 Å². The first-order chi connectivity index (χ1) is 24.9. The number of ether oxygens (including phenoxy) is 7. The quantitative estimate of drug-likeness (QED) is 0.152. The van der Waals surface area contributed by atoms with E-state index >= 15 is 0 Å². The fourth-order valence-corrected chi connectivity index (χ4v) is 6.48. The van der Waals surface area contributed by atoms with E-state index in [4.69, 9.17) is 33.2 Å². The summed E-state index contributed by atoms with van der Waals surface area (Å²) in [4.78, 5) is 19.8. The Bertz CT molecular complexity index is 1460. The summed E-state index contributed by atoms with van der Waals surface area (Å²) in [5.74, 6) is 0.756. The van der Waals surface area contributed by atoms with Gasteiger partial charge in [0.15, 0.2) is 0 Å². The van der Waals surface area contributed by atoms with Crippen LogP contribution in [0.25, 0.3) is 0 Å². The Morgan fingerprint density at radius 1 is 0.804 bits per heavy atom. The molecular weight excluding hydrogens is 650 g/mol. The predicted octanol–water partition coefficient (Wildman–Crippen LogP) is 5.35. The van der Waals surface area contributed by atoms with Crippen molar-refractivity contribution in [3.8, 4) is 5.75 Å². The molecule has 3 aromatic rings. The van der Waals surface area contributed by atoms with Crippen molar-refractivity contribution in [2.24, 2.45) is 0 Å². The zero-order chi connectivity index (χ0) is 35.8. The van der Waals surface area contributed by atoms with E-state index in [-0.39, 0.29) is 30.8 Å². The molecule has 0 aliphatic carbocycles. The SMILES string of the molecule is COCCCN1CCOc2ccc(CO[C@H]3CN(C(=O)OCc4ccccc4)C[C@@H](OCCN(C)C)[C@@H]3c3ccc(COCCOC)cc3)cc21. The lowest BCUT2D eigenvalue weighted by Crippen LogP contribution is -2.54. The van der Waals surface area contributed by atoms with E-state index in [2.05, 4.69) is 46.2 Å². The van der Waals surface area contributed by atoms with Crippen LogP contribution >= 0.6 is 0 Å². The highest BCUT2D eigenvalue weighted by Gasteiger charge is 2.41. The van der Waals surface area contributed by atoms with Gasteiger partial charge < -0.3 is 47.9 Å². The van der Waals surface area contributed by atoms with Gasteiger partial charge in [-0.2, -0.15) is 0 Å². The Balaban J connectivity index is 1.37. The minimum absolute atomic E-state index is 0.125. The Labute approximate surface area is 303 Å². The number of carbonyl (C=O) groups excluding carboxylic acids is 1. The van der Waals surface area contributed by atoms with E-state index < -0.39 is 0 Å². The van der Waals surface area contributed by atoms with Gasteiger partial charge in [0.1, 0.15) is 19.0 Å². The molecule has 11 heteroatoms. The van der Waals surface area contributed by atoms with Crippen LogP contribution in [-0.2, 0) is 48.2 Å². The molecule has 1 amide bonds. The molecule has 11 nitrogen and oxygen atoms in total. The fourth-order valence-electron chi connectivity index (χ4n) is 6.48. The molecule has 278 valence electrons. The van der Waals surface area contributed by atoms with E-state index in [1.807, 2.05) is 50.5 Å². The molecule has 0 bridgehead atoms. The molecule has 0 saturated carbocycles. The monoisotopic (exact) mass is 705 g/mol. The highest BCUT2D eigenvalue weighted by atomic mass is 16.6. The summed E-state index contributed by atoms with van der Waals surface area (Å²) in [6.07, 6.45) is -0.122. The lowest BCUT2D eigenvalue weighted by Gasteiger charge is -2.43. The number of piperidine rings is 1. The van der Waals surface area contributed by atoms with E-state index in [9.17, 15) is 4.79 Å². The number of rotatable bonds is 19. The largest absolute Gasteiger partial charge is 0.490 e. The Morgan fingerprint density at radius 3 is 2.27 bits per heavy atom. The van der Waals surface area contributed by atoms with E-state index in [1.165, 1.54) is 0 Å². The van der Waals surface area contributed by atoms with Gasteiger partial charge in [-0.25, -0.2) is 4.79 Å². The first-order valence-electron chi connectivity index (χ1n) is 17.9. The van der Waals surface area contributed by atoms with Gasteiger partial charge in [0, 0.05) is 39.8 Å². The van der Waals surface area contributed by atoms with Crippen LogP contribution in [-0.4, -0.2) is 122 Å². The predicted molar refractivity (Wildman–Crippen MR) is 196 cm³/mol. The molecule has 3 atom stereocenters. The van der Waals surface area contributed by atoms with Crippen LogP contribution < -0.4 is 9.64 Å². The molecule has 5 rings (SSSR count). The lowest BCUT2D eigenvalue weighted by molar-refractivity contribution is -0.0928. The first kappa shape index (κ1) is 38.5. The number of hydrogen-bond acceptors (Lipinski definition) is 10. The molecule has 0 radical (unpaired) electrons. The molecule has 2 aliphatic heterocycles. The summed E-state index contributed by atoms with van der Waals surface area (Å²) >= 11 is 0. The summed E-state index contributed by atoms with van der Waals surface area (Å²) in [5.41, 5.74) is 5.21. The molecule has 0 unspecified atom stereocenters. The van der Waals surface area contributed by atoms with Gasteiger partial charge in [0.05, 0.1) is 70.6 Å². The molecule has 2 aliphatic rings. The fraction of sp³-hybridized carbons (Fsp3) is 0.525. The van der Waals surface area contributed by atoms with Gasteiger partial charge in [-0.05, 0) is 54.9 Å². The van der Waals surface area contributed by atoms with E-state index in [1.54, 1.807) is 19.1 Å². The van der Waals surface area contributed by atoms with Gasteiger partial charge in [-0.1, -0.05) is 60.7 Å². The maximum Gasteiger partial charge on any atom is 0.410 e. The van der Waals surface area contributed by atoms with Crippen LogP contribution in [0, 0.1) is 0 Å². The number of nitrogens with zero attached hydrogens (tertiary/aromatic N) is 3. The zero-order valence-corrected chi connectivity index (χ0v) is 30.7.